The molecule has 66 valence electrons. The van der Waals surface area contributed by atoms with Gasteiger partial charge < -0.3 is 9.47 Å². The molecule has 1 saturated heterocycles. The molecule has 0 atom stereocenters. The summed E-state index contributed by atoms with van der Waals surface area (Å²) in [5, 5.41) is 0. The summed E-state index contributed by atoms with van der Waals surface area (Å²) in [4.78, 5) is 10.8. The van der Waals surface area contributed by atoms with E-state index in [1.165, 1.54) is 12.7 Å². The van der Waals surface area contributed by atoms with Crippen molar-refractivity contribution < 1.29 is 14.3 Å². The largest absolute Gasteiger partial charge is 0.466 e. The Morgan fingerprint density at radius 1 is 1.58 bits per heavy atom. The van der Waals surface area contributed by atoms with Gasteiger partial charge in [0.1, 0.15) is 0 Å². The number of rotatable bonds is 1. The summed E-state index contributed by atoms with van der Waals surface area (Å²) in [5.41, 5.74) is 1.60. The van der Waals surface area contributed by atoms with Crippen molar-refractivity contribution in [1.82, 2.24) is 0 Å². The minimum absolute atomic E-state index is 0.236. The molecule has 1 saturated carbocycles. The van der Waals surface area contributed by atoms with Crippen LogP contribution in [0.3, 0.4) is 0 Å². The Labute approximate surface area is 71.3 Å². The quantitative estimate of drug-likeness (QED) is 0.431. The maximum absolute atomic E-state index is 10.8. The van der Waals surface area contributed by atoms with Gasteiger partial charge in [0.2, 0.25) is 0 Å². The number of hydrogen-bond acceptors (Lipinski definition) is 3. The molecule has 0 N–H and O–H groups in total. The Kier molecular flexibility index (Phi) is 1.68. The van der Waals surface area contributed by atoms with E-state index in [0.29, 0.717) is 5.41 Å². The number of esters is 1. The number of ether oxygens (including phenoxy) is 2. The second kappa shape index (κ2) is 2.59. The fourth-order valence-electron chi connectivity index (χ4n) is 1.83. The summed E-state index contributed by atoms with van der Waals surface area (Å²) in [6, 6.07) is 0. The normalized spacial score (nSPS) is 24.2. The van der Waals surface area contributed by atoms with Crippen molar-refractivity contribution in [2.45, 2.75) is 12.8 Å². The van der Waals surface area contributed by atoms with E-state index in [0.717, 1.165) is 26.1 Å². The number of hydrogen-bond donors (Lipinski definition) is 0. The van der Waals surface area contributed by atoms with Crippen LogP contribution in [0.4, 0.5) is 0 Å². The Balaban J connectivity index is 1.87. The van der Waals surface area contributed by atoms with Crippen molar-refractivity contribution >= 4 is 5.97 Å². The summed E-state index contributed by atoms with van der Waals surface area (Å²) in [5.74, 6) is -0.236. The first-order valence-corrected chi connectivity index (χ1v) is 4.09. The van der Waals surface area contributed by atoms with Crippen molar-refractivity contribution in [2.75, 3.05) is 20.3 Å². The van der Waals surface area contributed by atoms with Crippen LogP contribution in [0.25, 0.3) is 0 Å². The summed E-state index contributed by atoms with van der Waals surface area (Å²) >= 11 is 0. The van der Waals surface area contributed by atoms with Crippen molar-refractivity contribution in [3.8, 4) is 0 Å². The first-order chi connectivity index (χ1) is 5.74. The molecule has 12 heavy (non-hydrogen) atoms. The molecule has 0 aromatic rings. The van der Waals surface area contributed by atoms with Crippen LogP contribution >= 0.6 is 0 Å². The Morgan fingerprint density at radius 2 is 2.25 bits per heavy atom. The molecule has 0 radical (unpaired) electrons. The van der Waals surface area contributed by atoms with Gasteiger partial charge >= 0.3 is 5.97 Å². The van der Waals surface area contributed by atoms with Crippen LogP contribution in [0.5, 0.6) is 0 Å². The van der Waals surface area contributed by atoms with E-state index in [9.17, 15) is 4.79 Å². The van der Waals surface area contributed by atoms with E-state index in [4.69, 9.17) is 4.74 Å². The molecule has 0 aromatic carbocycles. The van der Waals surface area contributed by atoms with Crippen LogP contribution in [-0.4, -0.2) is 26.3 Å². The molecule has 3 nitrogen and oxygen atoms in total. The molecule has 1 aliphatic carbocycles. The molecule has 1 heterocycles. The third kappa shape index (κ3) is 1.14. The molecule has 0 unspecified atom stereocenters. The van der Waals surface area contributed by atoms with Gasteiger partial charge in [-0.25, -0.2) is 4.79 Å². The topological polar surface area (TPSA) is 35.5 Å². The van der Waals surface area contributed by atoms with Crippen molar-refractivity contribution in [1.29, 1.82) is 0 Å². The van der Waals surface area contributed by atoms with E-state index in [1.807, 2.05) is 0 Å². The van der Waals surface area contributed by atoms with Crippen molar-refractivity contribution in [3.63, 3.8) is 0 Å². The van der Waals surface area contributed by atoms with Gasteiger partial charge in [0, 0.05) is 11.5 Å². The third-order valence-corrected chi connectivity index (χ3v) is 2.54. The molecular formula is C9H12O3. The molecule has 2 fully saturated rings. The Bertz CT molecular complexity index is 228. The van der Waals surface area contributed by atoms with Crippen LogP contribution in [0.15, 0.2) is 11.6 Å². The van der Waals surface area contributed by atoms with Crippen LogP contribution < -0.4 is 0 Å². The summed E-state index contributed by atoms with van der Waals surface area (Å²) in [7, 11) is 1.40. The van der Waals surface area contributed by atoms with Gasteiger partial charge in [-0.15, -0.1) is 0 Å². The first-order valence-electron chi connectivity index (χ1n) is 4.09. The molecule has 2 rings (SSSR count). The summed E-state index contributed by atoms with van der Waals surface area (Å²) in [6.45, 7) is 1.73. The van der Waals surface area contributed by atoms with Crippen LogP contribution in [0, 0.1) is 5.41 Å². The van der Waals surface area contributed by atoms with Gasteiger partial charge in [-0.1, -0.05) is 5.57 Å². The van der Waals surface area contributed by atoms with Crippen LogP contribution in [-0.2, 0) is 14.3 Å². The van der Waals surface area contributed by atoms with Crippen molar-refractivity contribution in [2.24, 2.45) is 5.41 Å². The van der Waals surface area contributed by atoms with Gasteiger partial charge in [0.25, 0.3) is 0 Å². The predicted octanol–water partition coefficient (Wildman–Crippen LogP) is 0.896. The number of allylic oxidation sites excluding steroid dienone is 1. The monoisotopic (exact) mass is 168 g/mol. The zero-order chi connectivity index (χ0) is 8.60. The van der Waals surface area contributed by atoms with E-state index in [1.54, 1.807) is 6.08 Å². The van der Waals surface area contributed by atoms with Gasteiger partial charge in [0.15, 0.2) is 0 Å². The predicted molar refractivity (Wildman–Crippen MR) is 42.6 cm³/mol. The number of methoxy groups -OCH3 is 1. The highest BCUT2D eigenvalue weighted by atomic mass is 16.5. The summed E-state index contributed by atoms with van der Waals surface area (Å²) < 4.78 is 9.65. The highest BCUT2D eigenvalue weighted by molar-refractivity contribution is 5.83. The zero-order valence-corrected chi connectivity index (χ0v) is 7.13. The molecule has 1 aliphatic heterocycles. The maximum atomic E-state index is 10.8. The molecule has 2 aliphatic rings. The highest BCUT2D eigenvalue weighted by Gasteiger charge is 2.46. The maximum Gasteiger partial charge on any atom is 0.330 e. The summed E-state index contributed by atoms with van der Waals surface area (Å²) in [6.07, 6.45) is 3.63. The zero-order valence-electron chi connectivity index (χ0n) is 7.13. The molecule has 0 aromatic heterocycles. The first kappa shape index (κ1) is 7.80. The lowest BCUT2D eigenvalue weighted by Gasteiger charge is -2.50. The Morgan fingerprint density at radius 3 is 2.67 bits per heavy atom. The highest BCUT2D eigenvalue weighted by Crippen LogP contribution is 2.50. The minimum Gasteiger partial charge on any atom is -0.466 e. The lowest BCUT2D eigenvalue weighted by atomic mass is 9.64. The second-order valence-corrected chi connectivity index (χ2v) is 3.67. The lowest BCUT2D eigenvalue weighted by Crippen LogP contribution is -2.49. The number of carbonyl (C=O) groups excluding carboxylic acids is 1. The van der Waals surface area contributed by atoms with Gasteiger partial charge in [0.05, 0.1) is 20.3 Å². The van der Waals surface area contributed by atoms with E-state index < -0.39 is 0 Å². The molecular weight excluding hydrogens is 156 g/mol. The number of carbonyl (C=O) groups is 1. The smallest absolute Gasteiger partial charge is 0.330 e. The average molecular weight is 168 g/mol. The SMILES string of the molecule is COC(=O)C=C1CC2(COC2)C1. The Hall–Kier alpha value is -0.830. The second-order valence-electron chi connectivity index (χ2n) is 3.67. The van der Waals surface area contributed by atoms with E-state index in [-0.39, 0.29) is 5.97 Å². The molecule has 0 amide bonds. The fourth-order valence-corrected chi connectivity index (χ4v) is 1.83. The molecule has 3 heteroatoms. The van der Waals surface area contributed by atoms with E-state index >= 15 is 0 Å². The van der Waals surface area contributed by atoms with Gasteiger partial charge in [-0.05, 0) is 12.8 Å². The van der Waals surface area contributed by atoms with Gasteiger partial charge in [-0.2, -0.15) is 0 Å². The van der Waals surface area contributed by atoms with Gasteiger partial charge in [-0.3, -0.25) is 0 Å². The average Bonchev–Trinajstić information content (AvgIpc) is 1.91. The standard InChI is InChI=1S/C9H12O3/c1-11-8(10)2-7-3-9(4-7)5-12-6-9/h2H,3-6H2,1H3. The van der Waals surface area contributed by atoms with E-state index in [2.05, 4.69) is 4.74 Å². The van der Waals surface area contributed by atoms with Crippen molar-refractivity contribution in [3.05, 3.63) is 11.6 Å². The third-order valence-electron chi connectivity index (χ3n) is 2.54. The fraction of sp³-hybridized carbons (Fsp3) is 0.667. The lowest BCUT2D eigenvalue weighted by molar-refractivity contribution is -0.139. The minimum atomic E-state index is -0.236. The van der Waals surface area contributed by atoms with Crippen LogP contribution in [0.2, 0.25) is 0 Å². The van der Waals surface area contributed by atoms with Crippen LogP contribution in [0.1, 0.15) is 12.8 Å². The molecule has 0 bridgehead atoms. The molecule has 1 spiro atoms.